The monoisotopic (exact) mass is 286 g/mol. The number of hydrogen-bond donors (Lipinski definition) is 3. The van der Waals surface area contributed by atoms with Crippen molar-refractivity contribution >= 4 is 12.0 Å². The number of nitrogens with one attached hydrogen (secondary N) is 1. The van der Waals surface area contributed by atoms with E-state index in [1.807, 2.05) is 0 Å². The van der Waals surface area contributed by atoms with Gasteiger partial charge in [-0.3, -0.25) is 0 Å². The lowest BCUT2D eigenvalue weighted by Gasteiger charge is -2.23. The number of urea groups is 1. The molecule has 1 saturated heterocycles. The number of hydrogen-bond acceptors (Lipinski definition) is 3. The summed E-state index contributed by atoms with van der Waals surface area (Å²) in [5.41, 5.74) is 0. The lowest BCUT2D eigenvalue weighted by atomic mass is 9.99. The van der Waals surface area contributed by atoms with E-state index in [0.717, 1.165) is 25.7 Å². The zero-order chi connectivity index (χ0) is 15.1. The van der Waals surface area contributed by atoms with Crippen LogP contribution in [0.3, 0.4) is 0 Å². The van der Waals surface area contributed by atoms with Crippen LogP contribution in [0.5, 0.6) is 0 Å². The number of aliphatic hydroxyl groups excluding tert-OH is 1. The van der Waals surface area contributed by atoms with Gasteiger partial charge in [0, 0.05) is 19.5 Å². The van der Waals surface area contributed by atoms with Gasteiger partial charge >= 0.3 is 12.0 Å². The summed E-state index contributed by atoms with van der Waals surface area (Å²) in [4.78, 5) is 24.3. The minimum Gasteiger partial charge on any atom is -0.480 e. The Labute approximate surface area is 120 Å². The van der Waals surface area contributed by atoms with Crippen LogP contribution in [0.25, 0.3) is 0 Å². The minimum absolute atomic E-state index is 0.0918. The molecule has 2 amide bonds. The van der Waals surface area contributed by atoms with Crippen LogP contribution in [0.2, 0.25) is 0 Å². The minimum atomic E-state index is -1.06. The molecule has 0 saturated carbocycles. The number of nitrogens with zero attached hydrogens (tertiary/aromatic N) is 1. The second kappa shape index (κ2) is 8.09. The lowest BCUT2D eigenvalue weighted by molar-refractivity contribution is -0.141. The molecule has 3 atom stereocenters. The summed E-state index contributed by atoms with van der Waals surface area (Å²) in [5, 5.41) is 21.4. The molecule has 1 aliphatic rings. The van der Waals surface area contributed by atoms with Gasteiger partial charge in [0.25, 0.3) is 0 Å². The molecular weight excluding hydrogens is 260 g/mol. The van der Waals surface area contributed by atoms with Gasteiger partial charge in [-0.2, -0.15) is 0 Å². The fourth-order valence-corrected chi connectivity index (χ4v) is 2.55. The largest absolute Gasteiger partial charge is 0.480 e. The van der Waals surface area contributed by atoms with Crippen LogP contribution in [0.4, 0.5) is 4.79 Å². The number of aliphatic carboxylic acids is 1. The molecule has 116 valence electrons. The van der Waals surface area contributed by atoms with E-state index < -0.39 is 18.1 Å². The van der Waals surface area contributed by atoms with Gasteiger partial charge in [-0.25, -0.2) is 9.59 Å². The molecule has 0 aromatic heterocycles. The van der Waals surface area contributed by atoms with Crippen molar-refractivity contribution in [2.24, 2.45) is 5.92 Å². The van der Waals surface area contributed by atoms with E-state index in [-0.39, 0.29) is 19.0 Å². The molecule has 6 heteroatoms. The molecule has 1 heterocycles. The van der Waals surface area contributed by atoms with Crippen LogP contribution in [-0.2, 0) is 4.79 Å². The summed E-state index contributed by atoms with van der Waals surface area (Å²) in [6, 6.07) is -1.30. The highest BCUT2D eigenvalue weighted by atomic mass is 16.4. The average molecular weight is 286 g/mol. The Morgan fingerprint density at radius 1 is 1.40 bits per heavy atom. The van der Waals surface area contributed by atoms with Crippen molar-refractivity contribution in [3.8, 4) is 0 Å². The van der Waals surface area contributed by atoms with E-state index in [4.69, 9.17) is 5.11 Å². The molecule has 3 N–H and O–H groups in total. The van der Waals surface area contributed by atoms with E-state index >= 15 is 0 Å². The Morgan fingerprint density at radius 3 is 2.65 bits per heavy atom. The molecule has 1 unspecified atom stereocenters. The normalized spacial score (nSPS) is 23.6. The predicted octanol–water partition coefficient (Wildman–Crippen LogP) is 1.43. The summed E-state index contributed by atoms with van der Waals surface area (Å²) < 4.78 is 0. The van der Waals surface area contributed by atoms with E-state index in [9.17, 15) is 14.7 Å². The van der Waals surface area contributed by atoms with Crippen molar-refractivity contribution in [2.75, 3.05) is 13.1 Å². The van der Waals surface area contributed by atoms with Gasteiger partial charge < -0.3 is 20.4 Å². The van der Waals surface area contributed by atoms with Crippen LogP contribution in [0, 0.1) is 5.92 Å². The first-order valence-corrected chi connectivity index (χ1v) is 7.44. The van der Waals surface area contributed by atoms with E-state index in [1.54, 1.807) is 0 Å². The van der Waals surface area contributed by atoms with E-state index in [1.165, 1.54) is 4.90 Å². The van der Waals surface area contributed by atoms with Gasteiger partial charge in [0.1, 0.15) is 6.04 Å². The van der Waals surface area contributed by atoms with Crippen molar-refractivity contribution in [2.45, 2.75) is 58.1 Å². The summed E-state index contributed by atoms with van der Waals surface area (Å²) in [6.07, 6.45) is 3.68. The molecule has 20 heavy (non-hydrogen) atoms. The van der Waals surface area contributed by atoms with Gasteiger partial charge in [0.05, 0.1) is 6.10 Å². The quantitative estimate of drug-likeness (QED) is 0.660. The molecule has 6 nitrogen and oxygen atoms in total. The molecule has 0 radical (unpaired) electrons. The number of carbonyl (C=O) groups is 2. The number of aliphatic hydroxyl groups is 1. The zero-order valence-corrected chi connectivity index (χ0v) is 12.3. The summed E-state index contributed by atoms with van der Waals surface area (Å²) in [7, 11) is 0. The topological polar surface area (TPSA) is 89.9 Å². The van der Waals surface area contributed by atoms with Crippen LogP contribution in [0.1, 0.15) is 46.0 Å². The van der Waals surface area contributed by atoms with E-state index in [2.05, 4.69) is 19.2 Å². The van der Waals surface area contributed by atoms with Gasteiger partial charge in [0.15, 0.2) is 0 Å². The van der Waals surface area contributed by atoms with Crippen LogP contribution in [0.15, 0.2) is 0 Å². The molecule has 1 rings (SSSR count). The molecule has 0 aromatic carbocycles. The number of carboxylic acid groups (broad SMARTS) is 1. The first-order valence-electron chi connectivity index (χ1n) is 7.44. The molecule has 1 fully saturated rings. The van der Waals surface area contributed by atoms with Crippen molar-refractivity contribution in [1.82, 2.24) is 10.2 Å². The fourth-order valence-electron chi connectivity index (χ4n) is 2.55. The Balaban J connectivity index is 2.46. The number of β-amino-alcohol motifs (C(OH)–C–C–N with tert-alkyl or cyclic N) is 1. The predicted molar refractivity (Wildman–Crippen MR) is 75.5 cm³/mol. The highest BCUT2D eigenvalue weighted by molar-refractivity contribution is 5.83. The maximum Gasteiger partial charge on any atom is 0.326 e. The Hall–Kier alpha value is -1.30. The standard InChI is InChI=1S/C14H26N2O4/c1-3-5-6-10(4-2)8-15-14(20)16-9-11(17)7-12(16)13(18)19/h10-12,17H,3-9H2,1-2H3,(H,15,20)(H,18,19)/t10?,11-,12-/m1/s1. The van der Waals surface area contributed by atoms with Gasteiger partial charge in [-0.1, -0.05) is 33.1 Å². The third kappa shape index (κ3) is 4.67. The number of unbranched alkanes of at least 4 members (excludes halogenated alkanes) is 1. The summed E-state index contributed by atoms with van der Waals surface area (Å²) in [5.74, 6) is -0.635. The molecule has 0 spiro atoms. The van der Waals surface area contributed by atoms with Gasteiger partial charge in [0.2, 0.25) is 0 Å². The maximum atomic E-state index is 12.0. The van der Waals surface area contributed by atoms with Crippen molar-refractivity contribution in [3.05, 3.63) is 0 Å². The number of amides is 2. The van der Waals surface area contributed by atoms with Crippen molar-refractivity contribution in [3.63, 3.8) is 0 Å². The van der Waals surface area contributed by atoms with Crippen LogP contribution >= 0.6 is 0 Å². The second-order valence-electron chi connectivity index (χ2n) is 5.50. The number of rotatable bonds is 7. The first-order chi connectivity index (χ1) is 9.49. The summed E-state index contributed by atoms with van der Waals surface area (Å²) in [6.45, 7) is 4.88. The van der Waals surface area contributed by atoms with Crippen LogP contribution < -0.4 is 5.32 Å². The fraction of sp³-hybridized carbons (Fsp3) is 0.857. The second-order valence-corrected chi connectivity index (χ2v) is 5.50. The lowest BCUT2D eigenvalue weighted by Crippen LogP contribution is -2.47. The van der Waals surface area contributed by atoms with Gasteiger partial charge in [-0.15, -0.1) is 0 Å². The Morgan fingerprint density at radius 2 is 2.10 bits per heavy atom. The highest BCUT2D eigenvalue weighted by Crippen LogP contribution is 2.18. The number of carboxylic acids is 1. The first kappa shape index (κ1) is 16.8. The van der Waals surface area contributed by atoms with Crippen LogP contribution in [-0.4, -0.2) is 52.3 Å². The van der Waals surface area contributed by atoms with Crippen molar-refractivity contribution < 1.29 is 19.8 Å². The van der Waals surface area contributed by atoms with Crippen molar-refractivity contribution in [1.29, 1.82) is 0 Å². The van der Waals surface area contributed by atoms with Gasteiger partial charge in [-0.05, 0) is 12.3 Å². The highest BCUT2D eigenvalue weighted by Gasteiger charge is 2.38. The zero-order valence-electron chi connectivity index (χ0n) is 12.3. The smallest absolute Gasteiger partial charge is 0.326 e. The maximum absolute atomic E-state index is 12.0. The molecular formula is C14H26N2O4. The molecule has 0 aromatic rings. The number of carbonyl (C=O) groups excluding carboxylic acids is 1. The van der Waals surface area contributed by atoms with E-state index in [0.29, 0.717) is 12.5 Å². The summed E-state index contributed by atoms with van der Waals surface area (Å²) >= 11 is 0. The third-order valence-electron chi connectivity index (χ3n) is 3.91. The molecule has 0 aliphatic carbocycles. The molecule has 0 bridgehead atoms. The Bertz CT molecular complexity index is 335. The number of likely N-dealkylation sites (tertiary alicyclic amines) is 1. The third-order valence-corrected chi connectivity index (χ3v) is 3.91. The SMILES string of the molecule is CCCCC(CC)CNC(=O)N1C[C@H](O)C[C@@H]1C(=O)O. The average Bonchev–Trinajstić information content (AvgIpc) is 2.81. The Kier molecular flexibility index (Phi) is 6.78. The molecule has 1 aliphatic heterocycles.